The number of hydrogen-bond donors (Lipinski definition) is 2. The molecule has 1 aromatic heterocycles. The lowest BCUT2D eigenvalue weighted by Gasteiger charge is -2.12. The van der Waals surface area contributed by atoms with Crippen LogP contribution >= 0.6 is 0 Å². The minimum atomic E-state index is -4.56. The molecule has 3 aromatic rings. The summed E-state index contributed by atoms with van der Waals surface area (Å²) in [6, 6.07) is 14.7. The standard InChI is InChI=1S/C17H15F3N4O/c18-17(19,20)15-23-13-8-4-5-9-14(13)24(15)11-10-21-16(25)22-12-6-2-1-3-7-12/h1-9H,10-11H2,(H2,21,22,25). The smallest absolute Gasteiger partial charge is 0.336 e. The molecule has 0 bridgehead atoms. The molecule has 0 fully saturated rings. The van der Waals surface area contributed by atoms with Crippen molar-refractivity contribution in [3.05, 3.63) is 60.4 Å². The van der Waals surface area contributed by atoms with Crippen molar-refractivity contribution >= 4 is 22.8 Å². The minimum Gasteiger partial charge on any atom is -0.336 e. The zero-order valence-corrected chi connectivity index (χ0v) is 13.0. The summed E-state index contributed by atoms with van der Waals surface area (Å²) >= 11 is 0. The molecule has 0 aliphatic carbocycles. The maximum atomic E-state index is 13.2. The molecule has 0 aliphatic heterocycles. The Labute approximate surface area is 141 Å². The van der Waals surface area contributed by atoms with Gasteiger partial charge in [0, 0.05) is 18.8 Å². The summed E-state index contributed by atoms with van der Waals surface area (Å²) in [5.41, 5.74) is 1.24. The van der Waals surface area contributed by atoms with E-state index in [2.05, 4.69) is 15.6 Å². The Bertz CT molecular complexity index is 874. The predicted octanol–water partition coefficient (Wildman–Crippen LogP) is 3.88. The number of carbonyl (C=O) groups excluding carboxylic acids is 1. The Hall–Kier alpha value is -3.03. The normalized spacial score (nSPS) is 11.5. The molecule has 0 saturated carbocycles. The van der Waals surface area contributed by atoms with Crippen molar-refractivity contribution in [3.63, 3.8) is 0 Å². The second-order valence-corrected chi connectivity index (χ2v) is 5.32. The molecule has 1 heterocycles. The number of nitrogens with zero attached hydrogens (tertiary/aromatic N) is 2. The van der Waals surface area contributed by atoms with Crippen LogP contribution in [-0.4, -0.2) is 22.1 Å². The van der Waals surface area contributed by atoms with Gasteiger partial charge in [0.1, 0.15) is 0 Å². The molecule has 2 amide bonds. The molecule has 3 rings (SSSR count). The van der Waals surface area contributed by atoms with Crippen LogP contribution in [0.15, 0.2) is 54.6 Å². The molecule has 0 atom stereocenters. The zero-order chi connectivity index (χ0) is 17.9. The van der Waals surface area contributed by atoms with E-state index >= 15 is 0 Å². The first-order chi connectivity index (χ1) is 11.9. The van der Waals surface area contributed by atoms with E-state index in [0.717, 1.165) is 4.57 Å². The number of nitrogens with one attached hydrogen (secondary N) is 2. The Morgan fingerprint density at radius 2 is 1.72 bits per heavy atom. The van der Waals surface area contributed by atoms with Gasteiger partial charge in [-0.15, -0.1) is 0 Å². The summed E-state index contributed by atoms with van der Waals surface area (Å²) in [7, 11) is 0. The highest BCUT2D eigenvalue weighted by molar-refractivity contribution is 5.89. The summed E-state index contributed by atoms with van der Waals surface area (Å²) in [5, 5.41) is 5.15. The summed E-state index contributed by atoms with van der Waals surface area (Å²) in [6.45, 7) is -0.0142. The van der Waals surface area contributed by atoms with E-state index in [4.69, 9.17) is 0 Å². The molecular formula is C17H15F3N4O. The van der Waals surface area contributed by atoms with Crippen LogP contribution in [0, 0.1) is 0 Å². The number of para-hydroxylation sites is 3. The van der Waals surface area contributed by atoms with Crippen molar-refractivity contribution < 1.29 is 18.0 Å². The summed E-state index contributed by atoms with van der Waals surface area (Å²) in [4.78, 5) is 15.5. The number of rotatable bonds is 4. The van der Waals surface area contributed by atoms with E-state index < -0.39 is 18.0 Å². The fourth-order valence-corrected chi connectivity index (χ4v) is 2.50. The Balaban J connectivity index is 1.69. The van der Waals surface area contributed by atoms with Gasteiger partial charge in [0.15, 0.2) is 0 Å². The van der Waals surface area contributed by atoms with E-state index in [1.54, 1.807) is 42.5 Å². The average Bonchev–Trinajstić information content (AvgIpc) is 2.95. The third kappa shape index (κ3) is 3.90. The number of benzene rings is 2. The lowest BCUT2D eigenvalue weighted by atomic mass is 10.3. The quantitative estimate of drug-likeness (QED) is 0.752. The van der Waals surface area contributed by atoms with Crippen LogP contribution in [0.5, 0.6) is 0 Å². The minimum absolute atomic E-state index is 0.0299. The SMILES string of the molecule is O=C(NCCn1c(C(F)(F)F)nc2ccccc21)Nc1ccccc1. The number of carbonyl (C=O) groups is 1. The average molecular weight is 348 g/mol. The number of hydrogen-bond acceptors (Lipinski definition) is 2. The van der Waals surface area contributed by atoms with Crippen LogP contribution in [0.25, 0.3) is 11.0 Å². The van der Waals surface area contributed by atoms with E-state index in [0.29, 0.717) is 11.2 Å². The van der Waals surface area contributed by atoms with Crippen LogP contribution in [-0.2, 0) is 12.7 Å². The molecule has 0 spiro atoms. The molecule has 2 N–H and O–H groups in total. The molecule has 0 unspecified atom stereocenters. The third-order valence-corrected chi connectivity index (χ3v) is 3.56. The maximum absolute atomic E-state index is 13.2. The van der Waals surface area contributed by atoms with E-state index in [1.165, 1.54) is 6.07 Å². The van der Waals surface area contributed by atoms with Crippen molar-refractivity contribution in [1.29, 1.82) is 0 Å². The van der Waals surface area contributed by atoms with Crippen LogP contribution < -0.4 is 10.6 Å². The monoisotopic (exact) mass is 348 g/mol. The molecule has 25 heavy (non-hydrogen) atoms. The first-order valence-corrected chi connectivity index (χ1v) is 7.57. The van der Waals surface area contributed by atoms with Crippen molar-refractivity contribution in [3.8, 4) is 0 Å². The predicted molar refractivity (Wildman–Crippen MR) is 88.2 cm³/mol. The van der Waals surface area contributed by atoms with Gasteiger partial charge >= 0.3 is 12.2 Å². The van der Waals surface area contributed by atoms with Crippen LogP contribution in [0.1, 0.15) is 5.82 Å². The number of alkyl halides is 3. The van der Waals surface area contributed by atoms with Crippen molar-refractivity contribution in [2.24, 2.45) is 0 Å². The van der Waals surface area contributed by atoms with Gasteiger partial charge in [-0.05, 0) is 24.3 Å². The van der Waals surface area contributed by atoms with Crippen molar-refractivity contribution in [2.75, 3.05) is 11.9 Å². The van der Waals surface area contributed by atoms with Gasteiger partial charge in [-0.3, -0.25) is 0 Å². The van der Waals surface area contributed by atoms with E-state index in [9.17, 15) is 18.0 Å². The number of aromatic nitrogens is 2. The number of amides is 2. The molecular weight excluding hydrogens is 333 g/mol. The molecule has 130 valence electrons. The van der Waals surface area contributed by atoms with Gasteiger partial charge in [0.25, 0.3) is 0 Å². The van der Waals surface area contributed by atoms with Crippen molar-refractivity contribution in [1.82, 2.24) is 14.9 Å². The highest BCUT2D eigenvalue weighted by Crippen LogP contribution is 2.31. The van der Waals surface area contributed by atoms with Gasteiger partial charge < -0.3 is 15.2 Å². The number of anilines is 1. The first-order valence-electron chi connectivity index (χ1n) is 7.57. The summed E-state index contributed by atoms with van der Waals surface area (Å²) in [5.74, 6) is -0.973. The molecule has 2 aromatic carbocycles. The topological polar surface area (TPSA) is 59.0 Å². The number of urea groups is 1. The van der Waals surface area contributed by atoms with Gasteiger partial charge in [0.2, 0.25) is 5.82 Å². The van der Waals surface area contributed by atoms with Crippen LogP contribution in [0.4, 0.5) is 23.7 Å². The summed E-state index contributed by atoms with van der Waals surface area (Å²) in [6.07, 6.45) is -4.56. The first kappa shape index (κ1) is 16.8. The van der Waals surface area contributed by atoms with Gasteiger partial charge in [-0.1, -0.05) is 30.3 Å². The molecule has 0 saturated heterocycles. The fraction of sp³-hybridized carbons (Fsp3) is 0.176. The fourth-order valence-electron chi connectivity index (χ4n) is 2.50. The summed E-state index contributed by atoms with van der Waals surface area (Å²) < 4.78 is 40.6. The van der Waals surface area contributed by atoms with Crippen molar-refractivity contribution in [2.45, 2.75) is 12.7 Å². The second-order valence-electron chi connectivity index (χ2n) is 5.32. The van der Waals surface area contributed by atoms with Gasteiger partial charge in [-0.25, -0.2) is 9.78 Å². The highest BCUT2D eigenvalue weighted by Gasteiger charge is 2.37. The highest BCUT2D eigenvalue weighted by atomic mass is 19.4. The van der Waals surface area contributed by atoms with Crippen LogP contribution in [0.2, 0.25) is 0 Å². The van der Waals surface area contributed by atoms with Gasteiger partial charge in [-0.2, -0.15) is 13.2 Å². The molecule has 5 nitrogen and oxygen atoms in total. The molecule has 0 radical (unpaired) electrons. The maximum Gasteiger partial charge on any atom is 0.449 e. The molecule has 0 aliphatic rings. The van der Waals surface area contributed by atoms with E-state index in [1.807, 2.05) is 6.07 Å². The van der Waals surface area contributed by atoms with Crippen LogP contribution in [0.3, 0.4) is 0 Å². The third-order valence-electron chi connectivity index (χ3n) is 3.56. The molecule has 8 heteroatoms. The number of fused-ring (bicyclic) bond motifs is 1. The zero-order valence-electron chi connectivity index (χ0n) is 13.0. The van der Waals surface area contributed by atoms with E-state index in [-0.39, 0.29) is 18.6 Å². The van der Waals surface area contributed by atoms with Gasteiger partial charge in [0.05, 0.1) is 11.0 Å². The number of halogens is 3. The Morgan fingerprint density at radius 1 is 1.04 bits per heavy atom. The lowest BCUT2D eigenvalue weighted by molar-refractivity contribution is -0.146. The lowest BCUT2D eigenvalue weighted by Crippen LogP contribution is -2.32. The largest absolute Gasteiger partial charge is 0.449 e. The Kier molecular flexibility index (Phi) is 4.60. The Morgan fingerprint density at radius 3 is 2.44 bits per heavy atom. The second kappa shape index (κ2) is 6.84. The number of imidazole rings is 1.